The van der Waals surface area contributed by atoms with Crippen molar-refractivity contribution in [1.82, 2.24) is 0 Å². The predicted octanol–water partition coefficient (Wildman–Crippen LogP) is 3.27. The number of rotatable bonds is 2. The SMILES string of the molecule is CC.Cc1ccccc1C=C[N+](=O)[O-]. The van der Waals surface area contributed by atoms with E-state index in [0.717, 1.165) is 17.3 Å². The van der Waals surface area contributed by atoms with Crippen LogP contribution in [-0.2, 0) is 0 Å². The van der Waals surface area contributed by atoms with E-state index in [1.165, 1.54) is 6.08 Å². The second-order valence-electron chi connectivity index (χ2n) is 2.46. The molecule has 1 rings (SSSR count). The molecule has 1 aromatic carbocycles. The van der Waals surface area contributed by atoms with Crippen LogP contribution in [0.5, 0.6) is 0 Å². The molecule has 1 aromatic rings. The highest BCUT2D eigenvalue weighted by Gasteiger charge is 1.92. The van der Waals surface area contributed by atoms with Gasteiger partial charge in [-0.2, -0.15) is 0 Å². The Kier molecular flexibility index (Phi) is 6.03. The van der Waals surface area contributed by atoms with Crippen LogP contribution in [0.3, 0.4) is 0 Å². The molecule has 0 spiro atoms. The normalized spacial score (nSPS) is 9.36. The number of nitro groups is 1. The molecule has 0 aliphatic carbocycles. The van der Waals surface area contributed by atoms with Crippen molar-refractivity contribution in [3.05, 3.63) is 51.7 Å². The van der Waals surface area contributed by atoms with Crippen molar-refractivity contribution in [3.8, 4) is 0 Å². The minimum atomic E-state index is -0.466. The second kappa shape index (κ2) is 6.83. The first-order valence-corrected chi connectivity index (χ1v) is 4.57. The summed E-state index contributed by atoms with van der Waals surface area (Å²) in [5.74, 6) is 0. The molecule has 0 atom stereocenters. The zero-order valence-corrected chi connectivity index (χ0v) is 8.73. The maximum atomic E-state index is 10.0. The van der Waals surface area contributed by atoms with Gasteiger partial charge in [0, 0.05) is 6.08 Å². The van der Waals surface area contributed by atoms with Gasteiger partial charge in [-0.3, -0.25) is 10.1 Å². The van der Waals surface area contributed by atoms with Crippen LogP contribution in [0.4, 0.5) is 0 Å². The van der Waals surface area contributed by atoms with E-state index in [-0.39, 0.29) is 0 Å². The van der Waals surface area contributed by atoms with Crippen LogP contribution in [0.15, 0.2) is 30.5 Å². The average Bonchev–Trinajstić information content (AvgIpc) is 2.19. The first-order chi connectivity index (χ1) is 6.70. The van der Waals surface area contributed by atoms with Gasteiger partial charge in [0.15, 0.2) is 0 Å². The van der Waals surface area contributed by atoms with Crippen molar-refractivity contribution in [3.63, 3.8) is 0 Å². The van der Waals surface area contributed by atoms with Gasteiger partial charge in [-0.05, 0) is 18.1 Å². The van der Waals surface area contributed by atoms with E-state index in [2.05, 4.69) is 0 Å². The highest BCUT2D eigenvalue weighted by Crippen LogP contribution is 2.08. The van der Waals surface area contributed by atoms with Crippen LogP contribution in [-0.4, -0.2) is 4.92 Å². The van der Waals surface area contributed by atoms with Crippen molar-refractivity contribution in [2.45, 2.75) is 20.8 Å². The Balaban J connectivity index is 0.000000791. The van der Waals surface area contributed by atoms with Gasteiger partial charge in [-0.1, -0.05) is 38.1 Å². The first kappa shape index (κ1) is 12.4. The standard InChI is InChI=1S/C9H9NO2.C2H6/c1-8-4-2-3-5-9(8)6-7-10(11)12;1-2/h2-7H,1H3;1-2H3. The van der Waals surface area contributed by atoms with E-state index < -0.39 is 4.92 Å². The van der Waals surface area contributed by atoms with Crippen LogP contribution in [0.1, 0.15) is 25.0 Å². The monoisotopic (exact) mass is 193 g/mol. The average molecular weight is 193 g/mol. The number of nitrogens with zero attached hydrogens (tertiary/aromatic N) is 1. The Morgan fingerprint density at radius 3 is 2.36 bits per heavy atom. The Hall–Kier alpha value is -1.64. The molecular weight excluding hydrogens is 178 g/mol. The third kappa shape index (κ3) is 4.40. The number of hydrogen-bond acceptors (Lipinski definition) is 2. The molecule has 0 aliphatic rings. The Labute approximate surface area is 84.2 Å². The van der Waals surface area contributed by atoms with E-state index in [4.69, 9.17) is 0 Å². The predicted molar refractivity (Wildman–Crippen MR) is 58.6 cm³/mol. The second-order valence-corrected chi connectivity index (χ2v) is 2.46. The highest BCUT2D eigenvalue weighted by molar-refractivity contribution is 5.52. The Morgan fingerprint density at radius 1 is 1.29 bits per heavy atom. The van der Waals surface area contributed by atoms with Crippen LogP contribution >= 0.6 is 0 Å². The van der Waals surface area contributed by atoms with Gasteiger partial charge in [-0.15, -0.1) is 0 Å². The van der Waals surface area contributed by atoms with Crippen molar-refractivity contribution in [2.24, 2.45) is 0 Å². The fourth-order valence-corrected chi connectivity index (χ4v) is 0.915. The van der Waals surface area contributed by atoms with Crippen LogP contribution < -0.4 is 0 Å². The number of aryl methyl sites for hydroxylation is 1. The molecule has 0 heterocycles. The molecule has 0 aromatic heterocycles. The van der Waals surface area contributed by atoms with Gasteiger partial charge < -0.3 is 0 Å². The lowest BCUT2D eigenvalue weighted by molar-refractivity contribution is -0.400. The van der Waals surface area contributed by atoms with Gasteiger partial charge in [0.25, 0.3) is 0 Å². The molecule has 14 heavy (non-hydrogen) atoms. The minimum absolute atomic E-state index is 0.466. The molecule has 0 aliphatic heterocycles. The minimum Gasteiger partial charge on any atom is -0.259 e. The molecule has 0 unspecified atom stereocenters. The lowest BCUT2D eigenvalue weighted by Gasteiger charge is -1.95. The molecule has 0 saturated heterocycles. The quantitative estimate of drug-likeness (QED) is 0.534. The van der Waals surface area contributed by atoms with Crippen molar-refractivity contribution in [2.75, 3.05) is 0 Å². The van der Waals surface area contributed by atoms with Gasteiger partial charge in [-0.25, -0.2) is 0 Å². The van der Waals surface area contributed by atoms with Crippen LogP contribution in [0.2, 0.25) is 0 Å². The van der Waals surface area contributed by atoms with Crippen molar-refractivity contribution >= 4 is 6.08 Å². The fraction of sp³-hybridized carbons (Fsp3) is 0.273. The van der Waals surface area contributed by atoms with E-state index >= 15 is 0 Å². The van der Waals surface area contributed by atoms with Gasteiger partial charge >= 0.3 is 0 Å². The van der Waals surface area contributed by atoms with E-state index in [9.17, 15) is 10.1 Å². The largest absolute Gasteiger partial charge is 0.259 e. The molecule has 0 saturated carbocycles. The Morgan fingerprint density at radius 2 is 1.86 bits per heavy atom. The maximum Gasteiger partial charge on any atom is 0.235 e. The molecule has 0 N–H and O–H groups in total. The van der Waals surface area contributed by atoms with E-state index in [0.29, 0.717) is 0 Å². The Bertz CT molecular complexity index is 319. The summed E-state index contributed by atoms with van der Waals surface area (Å²) in [5.41, 5.74) is 1.92. The number of hydrogen-bond donors (Lipinski definition) is 0. The summed E-state index contributed by atoms with van der Waals surface area (Å²) in [5, 5.41) is 10.0. The molecule has 0 bridgehead atoms. The molecule has 3 heteroatoms. The third-order valence-electron chi connectivity index (χ3n) is 1.56. The highest BCUT2D eigenvalue weighted by atomic mass is 16.6. The summed E-state index contributed by atoms with van der Waals surface area (Å²) in [7, 11) is 0. The smallest absolute Gasteiger partial charge is 0.235 e. The summed E-state index contributed by atoms with van der Waals surface area (Å²) < 4.78 is 0. The maximum absolute atomic E-state index is 10.0. The van der Waals surface area contributed by atoms with Crippen molar-refractivity contribution in [1.29, 1.82) is 0 Å². The topological polar surface area (TPSA) is 43.1 Å². The van der Waals surface area contributed by atoms with Gasteiger partial charge in [0.2, 0.25) is 6.20 Å². The van der Waals surface area contributed by atoms with Gasteiger partial charge in [0.1, 0.15) is 0 Å². The first-order valence-electron chi connectivity index (χ1n) is 4.57. The van der Waals surface area contributed by atoms with Crippen LogP contribution in [0.25, 0.3) is 6.08 Å². The molecular formula is C11H15NO2. The summed E-state index contributed by atoms with van der Waals surface area (Å²) in [6, 6.07) is 7.51. The van der Waals surface area contributed by atoms with E-state index in [1.54, 1.807) is 0 Å². The van der Waals surface area contributed by atoms with E-state index in [1.807, 2.05) is 45.0 Å². The molecule has 0 amide bonds. The summed E-state index contributed by atoms with van der Waals surface area (Å²) in [4.78, 5) is 9.54. The number of benzene rings is 1. The summed E-state index contributed by atoms with van der Waals surface area (Å²) in [6.45, 7) is 5.92. The van der Waals surface area contributed by atoms with Crippen LogP contribution in [0, 0.1) is 17.0 Å². The summed E-state index contributed by atoms with van der Waals surface area (Å²) >= 11 is 0. The summed E-state index contributed by atoms with van der Waals surface area (Å²) in [6.07, 6.45) is 2.44. The molecule has 3 nitrogen and oxygen atoms in total. The zero-order valence-electron chi connectivity index (χ0n) is 8.73. The third-order valence-corrected chi connectivity index (χ3v) is 1.56. The molecule has 76 valence electrons. The lowest BCUT2D eigenvalue weighted by Crippen LogP contribution is -1.84. The van der Waals surface area contributed by atoms with Gasteiger partial charge in [0.05, 0.1) is 4.92 Å². The zero-order chi connectivity index (χ0) is 11.0. The molecule has 0 fully saturated rings. The lowest BCUT2D eigenvalue weighted by atomic mass is 10.1. The van der Waals surface area contributed by atoms with Crippen molar-refractivity contribution < 1.29 is 4.92 Å². The fourth-order valence-electron chi connectivity index (χ4n) is 0.915. The molecule has 0 radical (unpaired) electrons.